The third kappa shape index (κ3) is 3.67. The van der Waals surface area contributed by atoms with Gasteiger partial charge in [0.05, 0.1) is 11.8 Å². The molecule has 0 aliphatic rings. The van der Waals surface area contributed by atoms with E-state index in [4.69, 9.17) is 10.5 Å². The highest BCUT2D eigenvalue weighted by molar-refractivity contribution is 9.10. The lowest BCUT2D eigenvalue weighted by Gasteiger charge is -2.15. The molecule has 0 saturated heterocycles. The second-order valence-corrected chi connectivity index (χ2v) is 5.92. The van der Waals surface area contributed by atoms with Crippen LogP contribution >= 0.6 is 15.9 Å². The van der Waals surface area contributed by atoms with E-state index in [0.29, 0.717) is 11.4 Å². The molecule has 0 radical (unpaired) electrons. The maximum atomic E-state index is 5.92. The van der Waals surface area contributed by atoms with E-state index in [1.807, 2.05) is 38.1 Å². The first-order valence-electron chi connectivity index (χ1n) is 6.55. The monoisotopic (exact) mass is 334 g/mol. The van der Waals surface area contributed by atoms with Crippen LogP contribution in [-0.4, -0.2) is 6.10 Å². The summed E-state index contributed by atoms with van der Waals surface area (Å²) in [6.07, 6.45) is 0.0974. The van der Waals surface area contributed by atoms with Crippen molar-refractivity contribution in [2.75, 3.05) is 11.1 Å². The van der Waals surface area contributed by atoms with E-state index >= 15 is 0 Å². The maximum absolute atomic E-state index is 5.92. The van der Waals surface area contributed by atoms with Gasteiger partial charge in [0.15, 0.2) is 0 Å². The molecule has 0 unspecified atom stereocenters. The third-order valence-electron chi connectivity index (χ3n) is 2.85. The van der Waals surface area contributed by atoms with Gasteiger partial charge in [0, 0.05) is 21.9 Å². The zero-order valence-corrected chi connectivity index (χ0v) is 13.5. The smallest absolute Gasteiger partial charge is 0.144 e. The largest absolute Gasteiger partial charge is 0.489 e. The average molecular weight is 335 g/mol. The Morgan fingerprint density at radius 1 is 1.15 bits per heavy atom. The number of benzene rings is 2. The minimum atomic E-state index is 0.0974. The number of aryl methyl sites for hydroxylation is 1. The van der Waals surface area contributed by atoms with Gasteiger partial charge in [0.25, 0.3) is 0 Å². The van der Waals surface area contributed by atoms with Crippen molar-refractivity contribution in [2.45, 2.75) is 26.9 Å². The third-order valence-corrected chi connectivity index (χ3v) is 3.35. The molecule has 2 rings (SSSR count). The zero-order valence-electron chi connectivity index (χ0n) is 11.9. The Bertz CT molecular complexity index is 611. The first-order valence-corrected chi connectivity index (χ1v) is 7.34. The molecule has 0 aliphatic carbocycles. The molecule has 3 nitrogen and oxygen atoms in total. The molecular formula is C16H19BrN2O. The Hall–Kier alpha value is -1.68. The second-order valence-electron chi connectivity index (χ2n) is 5.00. The van der Waals surface area contributed by atoms with Crippen LogP contribution in [0.25, 0.3) is 0 Å². The Balaban J connectivity index is 2.27. The summed E-state index contributed by atoms with van der Waals surface area (Å²) in [6.45, 7) is 6.04. The molecule has 3 N–H and O–H groups in total. The number of rotatable bonds is 4. The van der Waals surface area contributed by atoms with Crippen LogP contribution in [-0.2, 0) is 0 Å². The summed E-state index contributed by atoms with van der Waals surface area (Å²) >= 11 is 3.48. The van der Waals surface area contributed by atoms with Gasteiger partial charge in [-0.15, -0.1) is 0 Å². The minimum absolute atomic E-state index is 0.0974. The van der Waals surface area contributed by atoms with Crippen LogP contribution in [0.2, 0.25) is 0 Å². The van der Waals surface area contributed by atoms with Crippen LogP contribution in [0.1, 0.15) is 19.4 Å². The van der Waals surface area contributed by atoms with Crippen molar-refractivity contribution < 1.29 is 4.74 Å². The van der Waals surface area contributed by atoms with Crippen LogP contribution in [0, 0.1) is 6.92 Å². The lowest BCUT2D eigenvalue weighted by molar-refractivity contribution is 0.244. The number of ether oxygens (including phenoxy) is 1. The SMILES string of the molecule is Cc1ccc(Br)cc1Nc1ccc(N)c(OC(C)C)c1. The summed E-state index contributed by atoms with van der Waals surface area (Å²) in [5, 5.41) is 3.39. The summed E-state index contributed by atoms with van der Waals surface area (Å²) in [4.78, 5) is 0. The second kappa shape index (κ2) is 6.18. The van der Waals surface area contributed by atoms with E-state index in [0.717, 1.165) is 15.8 Å². The first-order chi connectivity index (χ1) is 9.45. The fraction of sp³-hybridized carbons (Fsp3) is 0.250. The molecule has 2 aromatic rings. The highest BCUT2D eigenvalue weighted by atomic mass is 79.9. The molecule has 4 heteroatoms. The van der Waals surface area contributed by atoms with Gasteiger partial charge in [-0.25, -0.2) is 0 Å². The Morgan fingerprint density at radius 2 is 1.90 bits per heavy atom. The number of hydrogen-bond donors (Lipinski definition) is 2. The minimum Gasteiger partial charge on any atom is -0.489 e. The van der Waals surface area contributed by atoms with Crippen LogP contribution in [0.4, 0.5) is 17.1 Å². The molecule has 0 atom stereocenters. The van der Waals surface area contributed by atoms with Gasteiger partial charge in [-0.05, 0) is 50.6 Å². The van der Waals surface area contributed by atoms with Crippen LogP contribution in [0.3, 0.4) is 0 Å². The molecule has 0 amide bonds. The van der Waals surface area contributed by atoms with E-state index in [1.54, 1.807) is 0 Å². The number of hydrogen-bond acceptors (Lipinski definition) is 3. The fourth-order valence-corrected chi connectivity index (χ4v) is 2.21. The predicted octanol–water partition coefficient (Wildman–Crippen LogP) is 4.87. The molecule has 2 aromatic carbocycles. The molecule has 20 heavy (non-hydrogen) atoms. The molecule has 0 heterocycles. The van der Waals surface area contributed by atoms with E-state index in [-0.39, 0.29) is 6.10 Å². The number of anilines is 3. The van der Waals surface area contributed by atoms with Crippen molar-refractivity contribution in [3.63, 3.8) is 0 Å². The lowest BCUT2D eigenvalue weighted by Crippen LogP contribution is -2.07. The van der Waals surface area contributed by atoms with Crippen LogP contribution < -0.4 is 15.8 Å². The summed E-state index contributed by atoms with van der Waals surface area (Å²) < 4.78 is 6.74. The van der Waals surface area contributed by atoms with Gasteiger partial charge in [0.1, 0.15) is 5.75 Å². The van der Waals surface area contributed by atoms with Gasteiger partial charge in [0.2, 0.25) is 0 Å². The molecule has 106 valence electrons. The number of nitrogens with two attached hydrogens (primary N) is 1. The maximum Gasteiger partial charge on any atom is 0.144 e. The van der Waals surface area contributed by atoms with Crippen molar-refractivity contribution in [1.29, 1.82) is 0 Å². The topological polar surface area (TPSA) is 47.3 Å². The highest BCUT2D eigenvalue weighted by Crippen LogP contribution is 2.30. The first kappa shape index (κ1) is 14.7. The van der Waals surface area contributed by atoms with Crippen molar-refractivity contribution in [3.05, 3.63) is 46.4 Å². The van der Waals surface area contributed by atoms with Crippen molar-refractivity contribution in [3.8, 4) is 5.75 Å². The quantitative estimate of drug-likeness (QED) is 0.784. The van der Waals surface area contributed by atoms with Crippen molar-refractivity contribution in [2.24, 2.45) is 0 Å². The Morgan fingerprint density at radius 3 is 2.60 bits per heavy atom. The Kier molecular flexibility index (Phi) is 4.55. The molecule has 0 fully saturated rings. The molecule has 0 saturated carbocycles. The molecule has 0 bridgehead atoms. The summed E-state index contributed by atoms with van der Waals surface area (Å²) in [5.74, 6) is 0.706. The van der Waals surface area contributed by atoms with Crippen LogP contribution in [0.15, 0.2) is 40.9 Å². The summed E-state index contributed by atoms with van der Waals surface area (Å²) in [7, 11) is 0. The molecule has 0 aromatic heterocycles. The molecule has 0 spiro atoms. The number of nitrogens with one attached hydrogen (secondary N) is 1. The highest BCUT2D eigenvalue weighted by Gasteiger charge is 2.06. The fourth-order valence-electron chi connectivity index (χ4n) is 1.85. The van der Waals surface area contributed by atoms with E-state index in [1.165, 1.54) is 5.56 Å². The van der Waals surface area contributed by atoms with Gasteiger partial charge in [-0.3, -0.25) is 0 Å². The molecule has 0 aliphatic heterocycles. The number of nitrogen functional groups attached to an aromatic ring is 1. The lowest BCUT2D eigenvalue weighted by atomic mass is 10.2. The van der Waals surface area contributed by atoms with Gasteiger partial charge in [-0.1, -0.05) is 22.0 Å². The predicted molar refractivity (Wildman–Crippen MR) is 88.8 cm³/mol. The van der Waals surface area contributed by atoms with E-state index in [9.17, 15) is 0 Å². The average Bonchev–Trinajstić information content (AvgIpc) is 2.37. The molecular weight excluding hydrogens is 316 g/mol. The van der Waals surface area contributed by atoms with Gasteiger partial charge < -0.3 is 15.8 Å². The van der Waals surface area contributed by atoms with Gasteiger partial charge in [-0.2, -0.15) is 0 Å². The summed E-state index contributed by atoms with van der Waals surface area (Å²) in [5.41, 5.74) is 9.76. The van der Waals surface area contributed by atoms with Crippen molar-refractivity contribution >= 4 is 33.0 Å². The summed E-state index contributed by atoms with van der Waals surface area (Å²) in [6, 6.07) is 11.9. The normalized spacial score (nSPS) is 10.7. The number of halogens is 1. The standard InChI is InChI=1S/C16H19BrN2O/c1-10(2)20-16-9-13(6-7-14(16)18)19-15-8-12(17)5-4-11(15)3/h4-10,19H,18H2,1-3H3. The Labute approximate surface area is 128 Å². The zero-order chi connectivity index (χ0) is 14.7. The van der Waals surface area contributed by atoms with Gasteiger partial charge >= 0.3 is 0 Å². The van der Waals surface area contributed by atoms with E-state index in [2.05, 4.69) is 40.3 Å². The van der Waals surface area contributed by atoms with E-state index < -0.39 is 0 Å². The van der Waals surface area contributed by atoms with Crippen LogP contribution in [0.5, 0.6) is 5.75 Å². The van der Waals surface area contributed by atoms with Crippen molar-refractivity contribution in [1.82, 2.24) is 0 Å².